The summed E-state index contributed by atoms with van der Waals surface area (Å²) in [5.74, 6) is 1.49. The molecular weight excluding hydrogens is 470 g/mol. The number of hydrogen-bond acceptors (Lipinski definition) is 8. The van der Waals surface area contributed by atoms with Crippen LogP contribution in [0.15, 0.2) is 53.3 Å². The first kappa shape index (κ1) is 24.9. The van der Waals surface area contributed by atoms with Crippen molar-refractivity contribution >= 4 is 16.6 Å². The van der Waals surface area contributed by atoms with Crippen LogP contribution < -0.4 is 15.2 Å². The van der Waals surface area contributed by atoms with Gasteiger partial charge < -0.3 is 19.4 Å². The van der Waals surface area contributed by atoms with E-state index in [2.05, 4.69) is 55.4 Å². The number of anilines is 1. The molecule has 1 atom stereocenters. The number of H-pyrrole nitrogens is 1. The van der Waals surface area contributed by atoms with Crippen molar-refractivity contribution in [2.45, 2.75) is 25.9 Å². The fourth-order valence-corrected chi connectivity index (χ4v) is 5.05. The Morgan fingerprint density at radius 2 is 1.86 bits per heavy atom. The number of hydrogen-bond donors (Lipinski definition) is 1. The average Bonchev–Trinajstić information content (AvgIpc) is 3.40. The third-order valence-electron chi connectivity index (χ3n) is 7.06. The summed E-state index contributed by atoms with van der Waals surface area (Å²) in [5, 5.41) is 13.6. The largest absolute Gasteiger partial charge is 0.495 e. The van der Waals surface area contributed by atoms with Gasteiger partial charge in [0.15, 0.2) is 5.82 Å². The van der Waals surface area contributed by atoms with Crippen molar-refractivity contribution in [1.82, 2.24) is 30.1 Å². The number of benzene rings is 2. The zero-order valence-corrected chi connectivity index (χ0v) is 21.6. The van der Waals surface area contributed by atoms with Crippen LogP contribution in [0, 0.1) is 0 Å². The van der Waals surface area contributed by atoms with E-state index in [9.17, 15) is 4.79 Å². The SMILES string of the molecule is CCc1ccc2[nH]c(=O)c([C@H](c3nnnn3CCOC)N3CCN(c4ccccc4OC)CC3)cc2c1. The molecule has 0 amide bonds. The van der Waals surface area contributed by atoms with Crippen molar-refractivity contribution in [3.05, 3.63) is 75.8 Å². The molecule has 5 rings (SSSR count). The van der Waals surface area contributed by atoms with E-state index in [1.807, 2.05) is 30.3 Å². The maximum Gasteiger partial charge on any atom is 0.253 e. The molecule has 10 nitrogen and oxygen atoms in total. The van der Waals surface area contributed by atoms with Gasteiger partial charge in [-0.15, -0.1) is 5.10 Å². The number of methoxy groups -OCH3 is 2. The monoisotopic (exact) mass is 503 g/mol. The molecule has 0 unspecified atom stereocenters. The van der Waals surface area contributed by atoms with Crippen LogP contribution in [0.3, 0.4) is 0 Å². The maximum atomic E-state index is 13.4. The number of piperazine rings is 1. The van der Waals surface area contributed by atoms with Crippen LogP contribution in [0.2, 0.25) is 0 Å². The topological polar surface area (TPSA) is 101 Å². The Labute approximate surface area is 215 Å². The van der Waals surface area contributed by atoms with Crippen LogP contribution in [0.25, 0.3) is 10.9 Å². The van der Waals surface area contributed by atoms with E-state index in [-0.39, 0.29) is 5.56 Å². The second kappa shape index (κ2) is 11.1. The first-order valence-electron chi connectivity index (χ1n) is 12.7. The summed E-state index contributed by atoms with van der Waals surface area (Å²) in [6, 6.07) is 15.8. The molecule has 2 aromatic carbocycles. The van der Waals surface area contributed by atoms with Crippen LogP contribution in [0.4, 0.5) is 5.69 Å². The summed E-state index contributed by atoms with van der Waals surface area (Å²) in [4.78, 5) is 21.2. The second-order valence-electron chi connectivity index (χ2n) is 9.18. The Bertz CT molecular complexity index is 1410. The van der Waals surface area contributed by atoms with Crippen LogP contribution in [0.1, 0.15) is 29.9 Å². The molecule has 1 saturated heterocycles. The molecule has 1 aliphatic heterocycles. The number of pyridine rings is 1. The molecule has 1 aliphatic rings. The van der Waals surface area contributed by atoms with Crippen LogP contribution >= 0.6 is 0 Å². The van der Waals surface area contributed by atoms with E-state index in [1.54, 1.807) is 18.9 Å². The minimum atomic E-state index is -0.398. The van der Waals surface area contributed by atoms with E-state index < -0.39 is 6.04 Å². The van der Waals surface area contributed by atoms with E-state index >= 15 is 0 Å². The number of ether oxygens (including phenoxy) is 2. The predicted molar refractivity (Wildman–Crippen MR) is 142 cm³/mol. The summed E-state index contributed by atoms with van der Waals surface area (Å²) >= 11 is 0. The van der Waals surface area contributed by atoms with Crippen molar-refractivity contribution in [3.63, 3.8) is 0 Å². The zero-order chi connectivity index (χ0) is 25.8. The summed E-state index contributed by atoms with van der Waals surface area (Å²) in [5.41, 5.74) is 3.62. The Morgan fingerprint density at radius 3 is 2.62 bits per heavy atom. The molecular formula is C27H33N7O3. The summed E-state index contributed by atoms with van der Waals surface area (Å²) in [6.45, 7) is 6.12. The smallest absolute Gasteiger partial charge is 0.253 e. The molecule has 1 N–H and O–H groups in total. The number of aromatic amines is 1. The summed E-state index contributed by atoms with van der Waals surface area (Å²) < 4.78 is 12.6. The summed E-state index contributed by atoms with van der Waals surface area (Å²) in [7, 11) is 3.35. The molecule has 0 saturated carbocycles. The van der Waals surface area contributed by atoms with Crippen molar-refractivity contribution < 1.29 is 9.47 Å². The lowest BCUT2D eigenvalue weighted by molar-refractivity contribution is 0.171. The zero-order valence-electron chi connectivity index (χ0n) is 21.6. The first-order chi connectivity index (χ1) is 18.1. The highest BCUT2D eigenvalue weighted by Gasteiger charge is 2.33. The van der Waals surface area contributed by atoms with E-state index in [0.29, 0.717) is 24.5 Å². The van der Waals surface area contributed by atoms with Gasteiger partial charge in [-0.25, -0.2) is 4.68 Å². The minimum Gasteiger partial charge on any atom is -0.495 e. The number of tetrazole rings is 1. The molecule has 0 bridgehead atoms. The molecule has 37 heavy (non-hydrogen) atoms. The molecule has 3 heterocycles. The summed E-state index contributed by atoms with van der Waals surface area (Å²) in [6.07, 6.45) is 0.925. The maximum absolute atomic E-state index is 13.4. The quantitative estimate of drug-likeness (QED) is 0.372. The van der Waals surface area contributed by atoms with Gasteiger partial charge in [0.05, 0.1) is 25.9 Å². The van der Waals surface area contributed by atoms with Gasteiger partial charge in [-0.1, -0.05) is 25.1 Å². The van der Waals surface area contributed by atoms with Gasteiger partial charge in [0.2, 0.25) is 0 Å². The van der Waals surface area contributed by atoms with E-state index in [1.165, 1.54) is 5.56 Å². The Hall–Kier alpha value is -3.76. The van der Waals surface area contributed by atoms with Crippen LogP contribution in [0.5, 0.6) is 5.75 Å². The Kier molecular flexibility index (Phi) is 7.47. The molecule has 4 aromatic rings. The fraction of sp³-hybridized carbons (Fsp3) is 0.407. The minimum absolute atomic E-state index is 0.129. The van der Waals surface area contributed by atoms with Gasteiger partial charge in [-0.2, -0.15) is 0 Å². The number of aromatic nitrogens is 5. The molecule has 194 valence electrons. The normalized spacial score (nSPS) is 15.3. The highest BCUT2D eigenvalue weighted by atomic mass is 16.5. The van der Waals surface area contributed by atoms with Crippen molar-refractivity contribution in [2.24, 2.45) is 0 Å². The highest BCUT2D eigenvalue weighted by molar-refractivity contribution is 5.80. The van der Waals surface area contributed by atoms with Gasteiger partial charge in [-0.05, 0) is 58.1 Å². The van der Waals surface area contributed by atoms with Gasteiger partial charge in [0.25, 0.3) is 5.56 Å². The lowest BCUT2D eigenvalue weighted by atomic mass is 10.0. The predicted octanol–water partition coefficient (Wildman–Crippen LogP) is 2.64. The molecule has 2 aromatic heterocycles. The number of nitrogens with zero attached hydrogens (tertiary/aromatic N) is 6. The average molecular weight is 504 g/mol. The molecule has 0 spiro atoms. The molecule has 10 heteroatoms. The van der Waals surface area contributed by atoms with Gasteiger partial charge >= 0.3 is 0 Å². The number of nitrogens with one attached hydrogen (secondary N) is 1. The third kappa shape index (κ3) is 5.07. The van der Waals surface area contributed by atoms with Gasteiger partial charge in [-0.3, -0.25) is 9.69 Å². The fourth-order valence-electron chi connectivity index (χ4n) is 5.05. The lowest BCUT2D eigenvalue weighted by Gasteiger charge is -2.40. The number of para-hydroxylation sites is 2. The van der Waals surface area contributed by atoms with Crippen LogP contribution in [-0.2, 0) is 17.7 Å². The van der Waals surface area contributed by atoms with Crippen molar-refractivity contribution in [1.29, 1.82) is 0 Å². The van der Waals surface area contributed by atoms with Crippen LogP contribution in [-0.4, -0.2) is 77.1 Å². The third-order valence-corrected chi connectivity index (χ3v) is 7.06. The first-order valence-corrected chi connectivity index (χ1v) is 12.7. The highest BCUT2D eigenvalue weighted by Crippen LogP contribution is 2.32. The van der Waals surface area contributed by atoms with E-state index in [0.717, 1.165) is 54.9 Å². The van der Waals surface area contributed by atoms with E-state index in [4.69, 9.17) is 9.47 Å². The molecule has 0 aliphatic carbocycles. The Morgan fingerprint density at radius 1 is 1.05 bits per heavy atom. The number of rotatable bonds is 9. The standard InChI is InChI=1S/C27H33N7O3/c1-4-19-9-10-22-20(17-19)18-21(27(35)28-22)25(26-29-30-31-34(26)15-16-36-2)33-13-11-32(12-14-33)23-7-5-6-8-24(23)37-3/h5-10,17-18,25H,4,11-16H2,1-3H3,(H,28,35)/t25-/m1/s1. The molecule has 0 radical (unpaired) electrons. The number of fused-ring (bicyclic) bond motifs is 1. The molecule has 1 fully saturated rings. The van der Waals surface area contributed by atoms with Gasteiger partial charge in [0.1, 0.15) is 11.8 Å². The Balaban J connectivity index is 1.52. The van der Waals surface area contributed by atoms with Gasteiger partial charge in [0, 0.05) is 44.4 Å². The van der Waals surface area contributed by atoms with Crippen molar-refractivity contribution in [2.75, 3.05) is 51.9 Å². The van der Waals surface area contributed by atoms with Crippen molar-refractivity contribution in [3.8, 4) is 5.75 Å². The second-order valence-corrected chi connectivity index (χ2v) is 9.18. The number of aryl methyl sites for hydroxylation is 1. The lowest BCUT2D eigenvalue weighted by Crippen LogP contribution is -2.49.